The molecular weight excluding hydrogens is 578 g/mol. The van der Waals surface area contributed by atoms with E-state index in [9.17, 15) is 0 Å². The Bertz CT molecular complexity index is 3190. The van der Waals surface area contributed by atoms with Crippen LogP contribution in [-0.4, -0.2) is 14.5 Å². The van der Waals surface area contributed by atoms with Gasteiger partial charge < -0.3 is 8.83 Å². The van der Waals surface area contributed by atoms with Gasteiger partial charge in [0.1, 0.15) is 22.3 Å². The molecule has 0 saturated carbocycles. The van der Waals surface area contributed by atoms with Crippen LogP contribution in [0.1, 0.15) is 0 Å². The van der Waals surface area contributed by atoms with Gasteiger partial charge in [0.15, 0.2) is 17.2 Å². The highest BCUT2D eigenvalue weighted by Crippen LogP contribution is 2.51. The number of furan rings is 2. The Hall–Kier alpha value is -6.46. The Morgan fingerprint density at radius 2 is 1.09 bits per heavy atom. The number of rotatable bonds is 2. The molecule has 4 heterocycles. The molecule has 0 fully saturated rings. The summed E-state index contributed by atoms with van der Waals surface area (Å²) in [4.78, 5) is 10.6. The molecule has 0 spiro atoms. The van der Waals surface area contributed by atoms with E-state index in [4.69, 9.17) is 18.8 Å². The van der Waals surface area contributed by atoms with Crippen molar-refractivity contribution in [1.29, 1.82) is 0 Å². The minimum absolute atomic E-state index is 0.663. The highest BCUT2D eigenvalue weighted by Gasteiger charge is 2.28. The Morgan fingerprint density at radius 3 is 2.00 bits per heavy atom. The molecule has 0 N–H and O–H groups in total. The third-order valence-corrected chi connectivity index (χ3v) is 10.1. The maximum Gasteiger partial charge on any atom is 0.197 e. The summed E-state index contributed by atoms with van der Waals surface area (Å²) in [6, 6.07) is 44.6. The highest BCUT2D eigenvalue weighted by molar-refractivity contribution is 6.38. The summed E-state index contributed by atoms with van der Waals surface area (Å²) >= 11 is 0. The number of benzene rings is 7. The fraction of sp³-hybridized carbons (Fsp3) is 0. The first-order valence-electron chi connectivity index (χ1n) is 15.8. The summed E-state index contributed by atoms with van der Waals surface area (Å²) in [5, 5.41) is 10.4. The van der Waals surface area contributed by atoms with Crippen molar-refractivity contribution < 1.29 is 8.83 Å². The van der Waals surface area contributed by atoms with Crippen molar-refractivity contribution in [3.05, 3.63) is 127 Å². The SMILES string of the molecule is c1ccc2c(-c3nc(-n4c5ccc6cccc7c6c5c5c6c(ccc54)oc4cccc-7c46)c4oc5ccccc5c4n3)cccc2c1. The molecule has 1 aliphatic rings. The van der Waals surface area contributed by atoms with Crippen LogP contribution in [0.4, 0.5) is 0 Å². The average Bonchev–Trinajstić information content (AvgIpc) is 3.77. The normalized spacial score (nSPS) is 12.7. The van der Waals surface area contributed by atoms with E-state index < -0.39 is 0 Å². The third-order valence-electron chi connectivity index (χ3n) is 10.1. The van der Waals surface area contributed by atoms with Crippen LogP contribution in [0.25, 0.3) is 116 Å². The molecule has 0 radical (unpaired) electrons. The van der Waals surface area contributed by atoms with Crippen molar-refractivity contribution in [2.45, 2.75) is 0 Å². The second kappa shape index (κ2) is 8.22. The van der Waals surface area contributed by atoms with Crippen molar-refractivity contribution in [3.8, 4) is 28.3 Å². The van der Waals surface area contributed by atoms with Gasteiger partial charge in [0.2, 0.25) is 0 Å². The minimum atomic E-state index is 0.663. The van der Waals surface area contributed by atoms with Gasteiger partial charge in [-0.2, -0.15) is 0 Å². The second-order valence-electron chi connectivity index (χ2n) is 12.5. The van der Waals surface area contributed by atoms with E-state index in [1.165, 1.54) is 32.7 Å². The smallest absolute Gasteiger partial charge is 0.197 e. The molecule has 5 nitrogen and oxygen atoms in total. The molecule has 7 aromatic carbocycles. The van der Waals surface area contributed by atoms with Crippen LogP contribution in [0.15, 0.2) is 136 Å². The maximum absolute atomic E-state index is 6.66. The van der Waals surface area contributed by atoms with Crippen LogP contribution < -0.4 is 0 Å². The van der Waals surface area contributed by atoms with Crippen molar-refractivity contribution in [2.75, 3.05) is 0 Å². The first-order valence-corrected chi connectivity index (χ1v) is 15.8. The average molecular weight is 600 g/mol. The Labute approximate surface area is 265 Å². The molecule has 0 amide bonds. The van der Waals surface area contributed by atoms with Crippen molar-refractivity contribution in [1.82, 2.24) is 14.5 Å². The fourth-order valence-electron chi connectivity index (χ4n) is 8.22. The van der Waals surface area contributed by atoms with Crippen molar-refractivity contribution >= 4 is 87.4 Å². The third kappa shape index (κ3) is 2.86. The topological polar surface area (TPSA) is 57.0 Å². The Kier molecular flexibility index (Phi) is 4.17. The molecule has 0 bridgehead atoms. The predicted molar refractivity (Wildman–Crippen MR) is 190 cm³/mol. The molecule has 0 atom stereocenters. The monoisotopic (exact) mass is 599 g/mol. The van der Waals surface area contributed by atoms with Gasteiger partial charge in [0.25, 0.3) is 0 Å². The number of fused-ring (bicyclic) bond motifs is 5. The number of aromatic nitrogens is 3. The van der Waals surface area contributed by atoms with Crippen molar-refractivity contribution in [2.24, 2.45) is 0 Å². The van der Waals surface area contributed by atoms with Gasteiger partial charge in [-0.15, -0.1) is 0 Å². The van der Waals surface area contributed by atoms with Gasteiger partial charge in [-0.1, -0.05) is 91.0 Å². The van der Waals surface area contributed by atoms with Gasteiger partial charge in [0.05, 0.1) is 11.0 Å². The molecule has 1 aliphatic carbocycles. The lowest BCUT2D eigenvalue weighted by Gasteiger charge is -2.12. The van der Waals surface area contributed by atoms with E-state index in [1.807, 2.05) is 18.2 Å². The zero-order valence-electron chi connectivity index (χ0n) is 24.8. The van der Waals surface area contributed by atoms with E-state index in [0.29, 0.717) is 11.4 Å². The summed E-state index contributed by atoms with van der Waals surface area (Å²) in [7, 11) is 0. The number of nitrogens with zero attached hydrogens (tertiary/aromatic N) is 3. The van der Waals surface area contributed by atoms with Crippen LogP contribution in [0.5, 0.6) is 0 Å². The van der Waals surface area contributed by atoms with Crippen LogP contribution in [0.2, 0.25) is 0 Å². The lowest BCUT2D eigenvalue weighted by atomic mass is 9.95. The van der Waals surface area contributed by atoms with Crippen LogP contribution in [0.3, 0.4) is 0 Å². The molecular formula is C42H21N3O2. The lowest BCUT2D eigenvalue weighted by Crippen LogP contribution is -2.02. The standard InChI is InChI=1S/C42H21N3O2/c1-2-11-24-22(8-1)9-5-15-27(24)41-43-39-28-12-3-4-16-31(28)47-40(39)42(44-41)45-29-19-18-23-10-6-13-25-26-14-7-17-32-35(26)38-33(46-32)21-20-30(45)37(38)36(29)34(23)25/h1-21H. The predicted octanol–water partition coefficient (Wildman–Crippen LogP) is 11.3. The summed E-state index contributed by atoms with van der Waals surface area (Å²) in [6.07, 6.45) is 0. The lowest BCUT2D eigenvalue weighted by molar-refractivity contribution is 0.662. The number of hydrogen-bond acceptors (Lipinski definition) is 4. The summed E-state index contributed by atoms with van der Waals surface area (Å²) in [5.41, 5.74) is 9.56. The molecule has 12 rings (SSSR count). The first-order chi connectivity index (χ1) is 23.3. The van der Waals surface area contributed by atoms with Crippen LogP contribution in [0, 0.1) is 0 Å². The maximum atomic E-state index is 6.66. The second-order valence-corrected chi connectivity index (χ2v) is 12.5. The largest absolute Gasteiger partial charge is 0.456 e. The summed E-state index contributed by atoms with van der Waals surface area (Å²) in [6.45, 7) is 0. The van der Waals surface area contributed by atoms with E-state index in [2.05, 4.69) is 114 Å². The summed E-state index contributed by atoms with van der Waals surface area (Å²) < 4.78 is 15.4. The fourth-order valence-corrected chi connectivity index (χ4v) is 8.22. The van der Waals surface area contributed by atoms with E-state index in [1.54, 1.807) is 0 Å². The minimum Gasteiger partial charge on any atom is -0.456 e. The quantitative estimate of drug-likeness (QED) is 0.198. The van der Waals surface area contributed by atoms with Gasteiger partial charge in [-0.05, 0) is 69.1 Å². The van der Waals surface area contributed by atoms with E-state index in [0.717, 1.165) is 71.6 Å². The molecule has 11 aromatic rings. The number of para-hydroxylation sites is 1. The Balaban J connectivity index is 1.33. The van der Waals surface area contributed by atoms with E-state index >= 15 is 0 Å². The first kappa shape index (κ1) is 23.9. The zero-order valence-corrected chi connectivity index (χ0v) is 24.8. The van der Waals surface area contributed by atoms with Crippen LogP contribution in [-0.2, 0) is 0 Å². The molecule has 0 saturated heterocycles. The molecule has 0 unspecified atom stereocenters. The van der Waals surface area contributed by atoms with Crippen molar-refractivity contribution in [3.63, 3.8) is 0 Å². The molecule has 47 heavy (non-hydrogen) atoms. The molecule has 5 heteroatoms. The highest BCUT2D eigenvalue weighted by atomic mass is 16.3. The van der Waals surface area contributed by atoms with E-state index in [-0.39, 0.29) is 0 Å². The molecule has 4 aromatic heterocycles. The van der Waals surface area contributed by atoms with Gasteiger partial charge >= 0.3 is 0 Å². The van der Waals surface area contributed by atoms with Crippen LogP contribution >= 0.6 is 0 Å². The zero-order chi connectivity index (χ0) is 30.4. The van der Waals surface area contributed by atoms with Gasteiger partial charge in [-0.25, -0.2) is 9.97 Å². The van der Waals surface area contributed by atoms with Gasteiger partial charge in [0, 0.05) is 32.5 Å². The summed E-state index contributed by atoms with van der Waals surface area (Å²) in [5.74, 6) is 1.38. The molecule has 216 valence electrons. The van der Waals surface area contributed by atoms with Gasteiger partial charge in [-0.3, -0.25) is 4.57 Å². The number of hydrogen-bond donors (Lipinski definition) is 0. The Morgan fingerprint density at radius 1 is 0.426 bits per heavy atom. The molecule has 0 aliphatic heterocycles.